The lowest BCUT2D eigenvalue weighted by molar-refractivity contribution is 0.140. The lowest BCUT2D eigenvalue weighted by Gasteiger charge is -2.37. The van der Waals surface area contributed by atoms with E-state index in [4.69, 9.17) is 0 Å². The molecule has 1 aliphatic heterocycles. The summed E-state index contributed by atoms with van der Waals surface area (Å²) >= 11 is 0. The molecule has 0 aliphatic carbocycles. The van der Waals surface area contributed by atoms with Crippen LogP contribution in [0.2, 0.25) is 0 Å². The second kappa shape index (κ2) is 5.24. The van der Waals surface area contributed by atoms with Crippen LogP contribution in [-0.2, 0) is 10.0 Å². The highest BCUT2D eigenvalue weighted by Gasteiger charge is 2.30. The van der Waals surface area contributed by atoms with Crippen LogP contribution < -0.4 is 0 Å². The van der Waals surface area contributed by atoms with Gasteiger partial charge in [-0.3, -0.25) is 0 Å². The highest BCUT2D eigenvalue weighted by Crippen LogP contribution is 2.18. The summed E-state index contributed by atoms with van der Waals surface area (Å²) in [5.41, 5.74) is 0.277. The van der Waals surface area contributed by atoms with Crippen LogP contribution in [0.5, 0.6) is 0 Å². The van der Waals surface area contributed by atoms with E-state index >= 15 is 0 Å². The molecule has 1 heterocycles. The standard InChI is InChI=1S/C12H26N2O2S/c1-11(2)17(15,16)14-8-6-13(7-9-14)10-12(3,4)5/h11H,6-10H2,1-5H3. The van der Waals surface area contributed by atoms with Gasteiger partial charge in [0.15, 0.2) is 0 Å². The van der Waals surface area contributed by atoms with E-state index in [0.29, 0.717) is 13.1 Å². The maximum Gasteiger partial charge on any atom is 0.216 e. The average molecular weight is 262 g/mol. The van der Waals surface area contributed by atoms with Crippen molar-refractivity contribution >= 4 is 10.0 Å². The highest BCUT2D eigenvalue weighted by atomic mass is 32.2. The minimum Gasteiger partial charge on any atom is -0.300 e. The Labute approximate surface area is 106 Å². The topological polar surface area (TPSA) is 40.6 Å². The number of piperazine rings is 1. The minimum atomic E-state index is -3.06. The Balaban J connectivity index is 2.52. The second-order valence-electron chi connectivity index (χ2n) is 6.33. The van der Waals surface area contributed by atoms with E-state index in [2.05, 4.69) is 25.7 Å². The lowest BCUT2D eigenvalue weighted by Crippen LogP contribution is -2.51. The summed E-state index contributed by atoms with van der Waals surface area (Å²) < 4.78 is 25.6. The zero-order valence-electron chi connectivity index (χ0n) is 11.7. The molecule has 1 aliphatic rings. The number of sulfonamides is 1. The Kier molecular flexibility index (Phi) is 4.60. The lowest BCUT2D eigenvalue weighted by atomic mass is 9.96. The van der Waals surface area contributed by atoms with Gasteiger partial charge in [0.05, 0.1) is 5.25 Å². The maximum atomic E-state index is 12.0. The number of nitrogens with zero attached hydrogens (tertiary/aromatic N) is 2. The highest BCUT2D eigenvalue weighted by molar-refractivity contribution is 7.89. The molecule has 0 saturated carbocycles. The van der Waals surface area contributed by atoms with Crippen LogP contribution in [0.3, 0.4) is 0 Å². The molecular formula is C12H26N2O2S. The molecule has 5 heteroatoms. The Morgan fingerprint density at radius 2 is 1.53 bits per heavy atom. The third kappa shape index (κ3) is 4.23. The third-order valence-corrected chi connectivity index (χ3v) is 5.26. The second-order valence-corrected chi connectivity index (χ2v) is 8.82. The molecule has 0 N–H and O–H groups in total. The molecule has 102 valence electrons. The first-order valence-electron chi connectivity index (χ1n) is 6.34. The van der Waals surface area contributed by atoms with Crippen molar-refractivity contribution in [1.82, 2.24) is 9.21 Å². The number of rotatable bonds is 3. The van der Waals surface area contributed by atoms with Crippen molar-refractivity contribution in [2.24, 2.45) is 5.41 Å². The van der Waals surface area contributed by atoms with Gasteiger partial charge in [-0.15, -0.1) is 0 Å². The molecule has 0 spiro atoms. The van der Waals surface area contributed by atoms with Crippen molar-refractivity contribution in [2.75, 3.05) is 32.7 Å². The van der Waals surface area contributed by atoms with E-state index in [9.17, 15) is 8.42 Å². The Morgan fingerprint density at radius 1 is 1.06 bits per heavy atom. The molecule has 1 saturated heterocycles. The quantitative estimate of drug-likeness (QED) is 0.772. The van der Waals surface area contributed by atoms with Crippen molar-refractivity contribution in [2.45, 2.75) is 39.9 Å². The Bertz CT molecular complexity index is 336. The van der Waals surface area contributed by atoms with Crippen LogP contribution in [0.1, 0.15) is 34.6 Å². The van der Waals surface area contributed by atoms with Crippen molar-refractivity contribution in [3.05, 3.63) is 0 Å². The Morgan fingerprint density at radius 3 is 1.88 bits per heavy atom. The summed E-state index contributed by atoms with van der Waals surface area (Å²) in [6.07, 6.45) is 0. The van der Waals surface area contributed by atoms with Gasteiger partial charge >= 0.3 is 0 Å². The molecule has 17 heavy (non-hydrogen) atoms. The van der Waals surface area contributed by atoms with Crippen molar-refractivity contribution in [3.8, 4) is 0 Å². The van der Waals surface area contributed by atoms with Crippen molar-refractivity contribution in [3.63, 3.8) is 0 Å². The zero-order valence-corrected chi connectivity index (χ0v) is 12.5. The SMILES string of the molecule is CC(C)S(=O)(=O)N1CCN(CC(C)(C)C)CC1. The molecule has 4 nitrogen and oxygen atoms in total. The van der Waals surface area contributed by atoms with E-state index in [1.165, 1.54) is 0 Å². The normalized spacial score (nSPS) is 21.1. The van der Waals surface area contributed by atoms with Gasteiger partial charge in [-0.1, -0.05) is 20.8 Å². The fraction of sp³-hybridized carbons (Fsp3) is 1.00. The van der Waals surface area contributed by atoms with Crippen LogP contribution in [0.25, 0.3) is 0 Å². The maximum absolute atomic E-state index is 12.0. The van der Waals surface area contributed by atoms with Crippen LogP contribution >= 0.6 is 0 Å². The first-order chi connectivity index (χ1) is 7.63. The van der Waals surface area contributed by atoms with Gasteiger partial charge in [0.25, 0.3) is 0 Å². The van der Waals surface area contributed by atoms with E-state index < -0.39 is 10.0 Å². The first kappa shape index (κ1) is 14.9. The van der Waals surface area contributed by atoms with Crippen LogP contribution in [0.15, 0.2) is 0 Å². The molecule has 1 rings (SSSR count). The monoisotopic (exact) mass is 262 g/mol. The van der Waals surface area contributed by atoms with Crippen LogP contribution in [-0.4, -0.2) is 55.6 Å². The molecule has 0 atom stereocenters. The predicted molar refractivity (Wildman–Crippen MR) is 71.5 cm³/mol. The van der Waals surface area contributed by atoms with Gasteiger partial charge < -0.3 is 4.90 Å². The number of hydrogen-bond acceptors (Lipinski definition) is 3. The van der Waals surface area contributed by atoms with E-state index in [0.717, 1.165) is 19.6 Å². The number of hydrogen-bond donors (Lipinski definition) is 0. The largest absolute Gasteiger partial charge is 0.300 e. The summed E-state index contributed by atoms with van der Waals surface area (Å²) in [6.45, 7) is 14.1. The summed E-state index contributed by atoms with van der Waals surface area (Å²) in [5, 5.41) is -0.309. The van der Waals surface area contributed by atoms with Crippen LogP contribution in [0, 0.1) is 5.41 Å². The molecular weight excluding hydrogens is 236 g/mol. The molecule has 0 aromatic heterocycles. The van der Waals surface area contributed by atoms with Gasteiger partial charge in [-0.2, -0.15) is 4.31 Å². The van der Waals surface area contributed by atoms with Crippen LogP contribution in [0.4, 0.5) is 0 Å². The summed E-state index contributed by atoms with van der Waals surface area (Å²) in [7, 11) is -3.06. The average Bonchev–Trinajstić information content (AvgIpc) is 2.15. The first-order valence-corrected chi connectivity index (χ1v) is 7.84. The fourth-order valence-electron chi connectivity index (χ4n) is 2.11. The fourth-order valence-corrected chi connectivity index (χ4v) is 3.38. The summed E-state index contributed by atoms with van der Waals surface area (Å²) in [6, 6.07) is 0. The smallest absolute Gasteiger partial charge is 0.216 e. The van der Waals surface area contributed by atoms with Gasteiger partial charge in [0, 0.05) is 32.7 Å². The molecule has 0 aromatic rings. The molecule has 0 radical (unpaired) electrons. The van der Waals surface area contributed by atoms with Gasteiger partial charge in [0.2, 0.25) is 10.0 Å². The predicted octanol–water partition coefficient (Wildman–Crippen LogP) is 1.39. The zero-order chi connectivity index (χ0) is 13.3. The van der Waals surface area contributed by atoms with Gasteiger partial charge in [0.1, 0.15) is 0 Å². The Hall–Kier alpha value is -0.130. The minimum absolute atomic E-state index is 0.277. The molecule has 0 unspecified atom stereocenters. The van der Waals surface area contributed by atoms with Crippen molar-refractivity contribution < 1.29 is 8.42 Å². The molecule has 1 fully saturated rings. The third-order valence-electron chi connectivity index (χ3n) is 2.98. The van der Waals surface area contributed by atoms with Gasteiger partial charge in [-0.25, -0.2) is 8.42 Å². The molecule has 0 amide bonds. The van der Waals surface area contributed by atoms with Crippen molar-refractivity contribution in [1.29, 1.82) is 0 Å². The molecule has 0 aromatic carbocycles. The van der Waals surface area contributed by atoms with E-state index in [1.54, 1.807) is 18.2 Å². The van der Waals surface area contributed by atoms with E-state index in [1.807, 2.05) is 0 Å². The molecule has 0 bridgehead atoms. The van der Waals surface area contributed by atoms with E-state index in [-0.39, 0.29) is 10.7 Å². The summed E-state index contributed by atoms with van der Waals surface area (Å²) in [4.78, 5) is 2.35. The summed E-state index contributed by atoms with van der Waals surface area (Å²) in [5.74, 6) is 0. The van der Waals surface area contributed by atoms with Gasteiger partial charge in [-0.05, 0) is 19.3 Å².